The van der Waals surface area contributed by atoms with Crippen LogP contribution in [0.3, 0.4) is 0 Å². The molecular weight excluding hydrogens is 208 g/mol. The van der Waals surface area contributed by atoms with E-state index >= 15 is 0 Å². The van der Waals surface area contributed by atoms with E-state index in [4.69, 9.17) is 14.3 Å². The normalized spacial score (nSPS) is 10.7. The molecule has 4 heteroatoms. The monoisotopic (exact) mass is 220 g/mol. The third-order valence-electron chi connectivity index (χ3n) is 2.45. The first-order valence-corrected chi connectivity index (χ1v) is 4.88. The Balaban J connectivity index is 2.80. The van der Waals surface area contributed by atoms with E-state index < -0.39 is 0 Å². The fourth-order valence-corrected chi connectivity index (χ4v) is 1.63. The maximum absolute atomic E-state index is 11.7. The van der Waals surface area contributed by atoms with E-state index in [1.165, 1.54) is 6.07 Å². The smallest absolute Gasteiger partial charge is 0.193 e. The molecule has 0 aliphatic carbocycles. The number of aliphatic hydroxyl groups is 1. The molecule has 0 saturated carbocycles. The minimum atomic E-state index is -0.281. The van der Waals surface area contributed by atoms with Gasteiger partial charge < -0.3 is 14.3 Å². The maximum atomic E-state index is 11.7. The number of hydrogen-bond acceptors (Lipinski definition) is 4. The van der Waals surface area contributed by atoms with Crippen molar-refractivity contribution < 1.29 is 14.3 Å². The van der Waals surface area contributed by atoms with E-state index in [9.17, 15) is 4.79 Å². The van der Waals surface area contributed by atoms with Crippen molar-refractivity contribution >= 4 is 11.0 Å². The van der Waals surface area contributed by atoms with Crippen LogP contribution in [0.15, 0.2) is 27.4 Å². The van der Waals surface area contributed by atoms with Crippen LogP contribution in [0.1, 0.15) is 11.3 Å². The standard InChI is InChI=1S/C12H12O4/c1-7-3-12-9(5-11(7)15-2)10(14)4-8(6-13)16-12/h3-5,13H,6H2,1-2H3. The average Bonchev–Trinajstić information content (AvgIpc) is 2.28. The topological polar surface area (TPSA) is 59.7 Å². The Labute approximate surface area is 92.1 Å². The molecule has 4 nitrogen and oxygen atoms in total. The van der Waals surface area contributed by atoms with Crippen molar-refractivity contribution in [1.29, 1.82) is 0 Å². The third-order valence-corrected chi connectivity index (χ3v) is 2.45. The maximum Gasteiger partial charge on any atom is 0.193 e. The van der Waals surface area contributed by atoms with Crippen molar-refractivity contribution in [2.24, 2.45) is 0 Å². The van der Waals surface area contributed by atoms with E-state index in [0.717, 1.165) is 5.56 Å². The Hall–Kier alpha value is -1.81. The first-order chi connectivity index (χ1) is 7.65. The summed E-state index contributed by atoms with van der Waals surface area (Å²) in [6, 6.07) is 4.67. The number of aryl methyl sites for hydroxylation is 1. The van der Waals surface area contributed by atoms with Crippen molar-refractivity contribution in [2.45, 2.75) is 13.5 Å². The SMILES string of the molecule is COc1cc2c(=O)cc(CO)oc2cc1C. The molecule has 2 rings (SSSR count). The molecule has 0 aliphatic heterocycles. The number of methoxy groups -OCH3 is 1. The van der Waals surface area contributed by atoms with E-state index in [0.29, 0.717) is 16.7 Å². The van der Waals surface area contributed by atoms with Gasteiger partial charge in [0.2, 0.25) is 0 Å². The molecule has 2 aromatic rings. The Morgan fingerprint density at radius 3 is 2.75 bits per heavy atom. The quantitative estimate of drug-likeness (QED) is 0.835. The molecule has 1 aromatic heterocycles. The summed E-state index contributed by atoms with van der Waals surface area (Å²) in [5.41, 5.74) is 1.17. The first-order valence-electron chi connectivity index (χ1n) is 4.88. The van der Waals surface area contributed by atoms with Crippen LogP contribution in [0.2, 0.25) is 0 Å². The number of fused-ring (bicyclic) bond motifs is 1. The van der Waals surface area contributed by atoms with Gasteiger partial charge in [0.1, 0.15) is 23.7 Å². The fourth-order valence-electron chi connectivity index (χ4n) is 1.63. The van der Waals surface area contributed by atoms with Crippen LogP contribution in [-0.2, 0) is 6.61 Å². The van der Waals surface area contributed by atoms with Gasteiger partial charge in [-0.3, -0.25) is 4.79 Å². The summed E-state index contributed by atoms with van der Waals surface area (Å²) in [6.45, 7) is 1.58. The Morgan fingerprint density at radius 1 is 1.38 bits per heavy atom. The van der Waals surface area contributed by atoms with Gasteiger partial charge >= 0.3 is 0 Å². The zero-order valence-electron chi connectivity index (χ0n) is 9.11. The van der Waals surface area contributed by atoms with Gasteiger partial charge in [-0.1, -0.05) is 0 Å². The van der Waals surface area contributed by atoms with Crippen LogP contribution in [0.4, 0.5) is 0 Å². The molecule has 0 bridgehead atoms. The number of ether oxygens (including phenoxy) is 1. The van der Waals surface area contributed by atoms with Gasteiger partial charge in [0, 0.05) is 6.07 Å². The molecule has 0 atom stereocenters. The fraction of sp³-hybridized carbons (Fsp3) is 0.250. The molecule has 1 heterocycles. The highest BCUT2D eigenvalue weighted by atomic mass is 16.5. The van der Waals surface area contributed by atoms with Crippen LogP contribution in [0.5, 0.6) is 5.75 Å². The lowest BCUT2D eigenvalue weighted by molar-refractivity contribution is 0.249. The van der Waals surface area contributed by atoms with Gasteiger partial charge in [-0.2, -0.15) is 0 Å². The molecule has 0 spiro atoms. The lowest BCUT2D eigenvalue weighted by Gasteiger charge is -2.06. The molecule has 0 radical (unpaired) electrons. The van der Waals surface area contributed by atoms with Crippen LogP contribution in [0, 0.1) is 6.92 Å². The summed E-state index contributed by atoms with van der Waals surface area (Å²) in [6.07, 6.45) is 0. The highest BCUT2D eigenvalue weighted by molar-refractivity contribution is 5.79. The van der Waals surface area contributed by atoms with E-state index in [2.05, 4.69) is 0 Å². The van der Waals surface area contributed by atoms with Crippen molar-refractivity contribution in [3.05, 3.63) is 39.7 Å². The number of benzene rings is 1. The summed E-state index contributed by atoms with van der Waals surface area (Å²) < 4.78 is 10.5. The Kier molecular flexibility index (Phi) is 2.66. The van der Waals surface area contributed by atoms with E-state index in [-0.39, 0.29) is 17.8 Å². The van der Waals surface area contributed by atoms with Crippen LogP contribution < -0.4 is 10.2 Å². The summed E-state index contributed by atoms with van der Waals surface area (Å²) in [4.78, 5) is 11.7. The van der Waals surface area contributed by atoms with Gasteiger partial charge in [0.15, 0.2) is 5.43 Å². The van der Waals surface area contributed by atoms with Gasteiger partial charge in [-0.05, 0) is 24.6 Å². The van der Waals surface area contributed by atoms with Crippen LogP contribution >= 0.6 is 0 Å². The van der Waals surface area contributed by atoms with Crippen molar-refractivity contribution in [3.63, 3.8) is 0 Å². The van der Waals surface area contributed by atoms with Crippen LogP contribution in [0.25, 0.3) is 11.0 Å². The first kappa shape index (κ1) is 10.7. The van der Waals surface area contributed by atoms with Gasteiger partial charge in [0.25, 0.3) is 0 Å². The summed E-state index contributed by atoms with van der Waals surface area (Å²) in [7, 11) is 1.55. The van der Waals surface area contributed by atoms with Crippen molar-refractivity contribution in [1.82, 2.24) is 0 Å². The third kappa shape index (κ3) is 1.67. The summed E-state index contributed by atoms with van der Waals surface area (Å²) in [5, 5.41) is 9.39. The molecule has 84 valence electrons. The lowest BCUT2D eigenvalue weighted by Crippen LogP contribution is -2.03. The molecule has 0 saturated heterocycles. The molecule has 1 aromatic carbocycles. The van der Waals surface area contributed by atoms with Gasteiger partial charge in [0.05, 0.1) is 12.5 Å². The zero-order valence-corrected chi connectivity index (χ0v) is 9.11. The molecule has 0 amide bonds. The molecule has 0 aliphatic rings. The molecule has 0 unspecified atom stereocenters. The minimum absolute atomic E-state index is 0.177. The highest BCUT2D eigenvalue weighted by Crippen LogP contribution is 2.23. The average molecular weight is 220 g/mol. The second kappa shape index (κ2) is 3.98. The summed E-state index contributed by atoms with van der Waals surface area (Å²) in [5.74, 6) is 0.915. The molecule has 1 N–H and O–H groups in total. The van der Waals surface area contributed by atoms with E-state index in [1.54, 1.807) is 19.2 Å². The van der Waals surface area contributed by atoms with Gasteiger partial charge in [-0.25, -0.2) is 0 Å². The van der Waals surface area contributed by atoms with Crippen LogP contribution in [-0.4, -0.2) is 12.2 Å². The Morgan fingerprint density at radius 2 is 2.12 bits per heavy atom. The summed E-state index contributed by atoms with van der Waals surface area (Å²) >= 11 is 0. The van der Waals surface area contributed by atoms with Gasteiger partial charge in [-0.15, -0.1) is 0 Å². The molecular formula is C12H12O4. The predicted octanol–water partition coefficient (Wildman–Crippen LogP) is 1.60. The van der Waals surface area contributed by atoms with Crippen molar-refractivity contribution in [2.75, 3.05) is 7.11 Å². The largest absolute Gasteiger partial charge is 0.496 e. The zero-order chi connectivity index (χ0) is 11.7. The molecule has 0 fully saturated rings. The minimum Gasteiger partial charge on any atom is -0.496 e. The lowest BCUT2D eigenvalue weighted by atomic mass is 10.1. The highest BCUT2D eigenvalue weighted by Gasteiger charge is 2.08. The van der Waals surface area contributed by atoms with E-state index in [1.807, 2.05) is 6.92 Å². The number of hydrogen-bond donors (Lipinski definition) is 1. The number of aliphatic hydroxyl groups excluding tert-OH is 1. The second-order valence-corrected chi connectivity index (χ2v) is 3.55. The molecule has 16 heavy (non-hydrogen) atoms. The number of rotatable bonds is 2. The van der Waals surface area contributed by atoms with Crippen molar-refractivity contribution in [3.8, 4) is 5.75 Å². The second-order valence-electron chi connectivity index (χ2n) is 3.55. The Bertz CT molecular complexity index is 583. The predicted molar refractivity (Wildman–Crippen MR) is 59.7 cm³/mol.